The molecular formula is C14H21N3O4. The van der Waals surface area contributed by atoms with Gasteiger partial charge in [0.05, 0.1) is 18.9 Å². The SMILES string of the molecule is CC(C)NCC(O)CN1C(=O)NC(C)(c2ccco2)C1=O. The van der Waals surface area contributed by atoms with Crippen molar-refractivity contribution in [2.45, 2.75) is 38.5 Å². The van der Waals surface area contributed by atoms with E-state index in [0.717, 1.165) is 4.90 Å². The van der Waals surface area contributed by atoms with Gasteiger partial charge in [-0.05, 0) is 19.1 Å². The maximum Gasteiger partial charge on any atom is 0.325 e. The van der Waals surface area contributed by atoms with Gasteiger partial charge in [-0.15, -0.1) is 0 Å². The van der Waals surface area contributed by atoms with Gasteiger partial charge >= 0.3 is 6.03 Å². The van der Waals surface area contributed by atoms with Crippen molar-refractivity contribution in [2.75, 3.05) is 13.1 Å². The number of imide groups is 1. The maximum absolute atomic E-state index is 12.5. The van der Waals surface area contributed by atoms with Crippen LogP contribution in [0.25, 0.3) is 0 Å². The van der Waals surface area contributed by atoms with Crippen molar-refractivity contribution in [3.8, 4) is 0 Å². The number of urea groups is 1. The summed E-state index contributed by atoms with van der Waals surface area (Å²) in [6.45, 7) is 5.75. The number of nitrogens with zero attached hydrogens (tertiary/aromatic N) is 1. The highest BCUT2D eigenvalue weighted by atomic mass is 16.3. The summed E-state index contributed by atoms with van der Waals surface area (Å²) in [6, 6.07) is 2.99. The summed E-state index contributed by atoms with van der Waals surface area (Å²) in [4.78, 5) is 25.5. The van der Waals surface area contributed by atoms with Crippen LogP contribution in [0, 0.1) is 0 Å². The number of nitrogens with one attached hydrogen (secondary N) is 2. The Labute approximate surface area is 123 Å². The van der Waals surface area contributed by atoms with Crippen molar-refractivity contribution in [3.63, 3.8) is 0 Å². The van der Waals surface area contributed by atoms with Gasteiger partial charge < -0.3 is 20.2 Å². The fourth-order valence-corrected chi connectivity index (χ4v) is 2.24. The fraction of sp³-hybridized carbons (Fsp3) is 0.571. The molecule has 1 aromatic rings. The molecule has 21 heavy (non-hydrogen) atoms. The highest BCUT2D eigenvalue weighted by Crippen LogP contribution is 2.29. The van der Waals surface area contributed by atoms with Gasteiger partial charge in [-0.25, -0.2) is 4.79 Å². The van der Waals surface area contributed by atoms with Gasteiger partial charge in [0, 0.05) is 12.6 Å². The average molecular weight is 295 g/mol. The van der Waals surface area contributed by atoms with Crippen LogP contribution < -0.4 is 10.6 Å². The lowest BCUT2D eigenvalue weighted by molar-refractivity contribution is -0.132. The van der Waals surface area contributed by atoms with Crippen molar-refractivity contribution in [1.29, 1.82) is 0 Å². The zero-order valence-corrected chi connectivity index (χ0v) is 12.4. The maximum atomic E-state index is 12.5. The Bertz CT molecular complexity index is 514. The standard InChI is InChI=1S/C14H21N3O4/c1-9(2)15-7-10(18)8-17-12(19)14(3,16-13(17)20)11-5-4-6-21-11/h4-6,9-10,15,18H,7-8H2,1-3H3,(H,16,20). The number of aliphatic hydroxyl groups is 1. The predicted octanol–water partition coefficient (Wildman–Crippen LogP) is 0.405. The Hall–Kier alpha value is -1.86. The van der Waals surface area contributed by atoms with E-state index >= 15 is 0 Å². The molecule has 3 amide bonds. The van der Waals surface area contributed by atoms with Gasteiger partial charge in [-0.3, -0.25) is 9.69 Å². The van der Waals surface area contributed by atoms with Gasteiger partial charge in [0.1, 0.15) is 5.76 Å². The quantitative estimate of drug-likeness (QED) is 0.661. The fourth-order valence-electron chi connectivity index (χ4n) is 2.24. The van der Waals surface area contributed by atoms with E-state index in [2.05, 4.69) is 10.6 Å². The van der Waals surface area contributed by atoms with E-state index in [1.54, 1.807) is 19.1 Å². The van der Waals surface area contributed by atoms with E-state index in [9.17, 15) is 14.7 Å². The number of furan rings is 1. The lowest BCUT2D eigenvalue weighted by Gasteiger charge is -2.21. The number of aliphatic hydroxyl groups excluding tert-OH is 1. The Balaban J connectivity index is 2.05. The number of amides is 3. The second-order valence-corrected chi connectivity index (χ2v) is 5.66. The van der Waals surface area contributed by atoms with E-state index in [4.69, 9.17) is 4.42 Å². The molecule has 7 nitrogen and oxygen atoms in total. The first kappa shape index (κ1) is 15.5. The molecule has 2 rings (SSSR count). The van der Waals surface area contributed by atoms with Crippen LogP contribution in [-0.4, -0.2) is 47.2 Å². The predicted molar refractivity (Wildman–Crippen MR) is 75.5 cm³/mol. The van der Waals surface area contributed by atoms with E-state index < -0.39 is 23.6 Å². The minimum absolute atomic E-state index is 0.0549. The zero-order valence-electron chi connectivity index (χ0n) is 12.4. The molecule has 0 aromatic carbocycles. The number of carbonyl (C=O) groups is 2. The van der Waals surface area contributed by atoms with Crippen LogP contribution in [0.4, 0.5) is 4.79 Å². The molecule has 0 radical (unpaired) electrons. The summed E-state index contributed by atoms with van der Waals surface area (Å²) in [5.41, 5.74) is -1.22. The van der Waals surface area contributed by atoms with Gasteiger partial charge in [-0.2, -0.15) is 0 Å². The van der Waals surface area contributed by atoms with Crippen molar-refractivity contribution in [1.82, 2.24) is 15.5 Å². The van der Waals surface area contributed by atoms with Gasteiger partial charge in [-0.1, -0.05) is 13.8 Å². The Morgan fingerprint density at radius 3 is 2.76 bits per heavy atom. The van der Waals surface area contributed by atoms with Gasteiger partial charge in [0.2, 0.25) is 0 Å². The molecule has 7 heteroatoms. The molecule has 3 N–H and O–H groups in total. The highest BCUT2D eigenvalue weighted by molar-refractivity contribution is 6.06. The van der Waals surface area contributed by atoms with Crippen LogP contribution in [0.15, 0.2) is 22.8 Å². The number of rotatable bonds is 6. The molecule has 2 heterocycles. The van der Waals surface area contributed by atoms with Gasteiger partial charge in [0.15, 0.2) is 5.54 Å². The lowest BCUT2D eigenvalue weighted by Crippen LogP contribution is -2.44. The second kappa shape index (κ2) is 5.87. The average Bonchev–Trinajstić information content (AvgIpc) is 3.01. The van der Waals surface area contributed by atoms with Crippen molar-refractivity contribution >= 4 is 11.9 Å². The topological polar surface area (TPSA) is 94.8 Å². The van der Waals surface area contributed by atoms with E-state index in [1.165, 1.54) is 6.26 Å². The molecule has 1 aliphatic heterocycles. The van der Waals surface area contributed by atoms with Crippen LogP contribution in [0.2, 0.25) is 0 Å². The number of carbonyl (C=O) groups excluding carboxylic acids is 2. The first-order valence-electron chi connectivity index (χ1n) is 6.94. The van der Waals surface area contributed by atoms with Crippen LogP contribution in [0.1, 0.15) is 26.5 Å². The molecule has 1 aromatic heterocycles. The van der Waals surface area contributed by atoms with Crippen LogP contribution in [-0.2, 0) is 10.3 Å². The lowest BCUT2D eigenvalue weighted by atomic mass is 9.99. The zero-order chi connectivity index (χ0) is 15.6. The molecule has 2 atom stereocenters. The monoisotopic (exact) mass is 295 g/mol. The Morgan fingerprint density at radius 2 is 2.19 bits per heavy atom. The first-order chi connectivity index (χ1) is 9.84. The molecule has 1 aliphatic rings. The van der Waals surface area contributed by atoms with Crippen LogP contribution in [0.5, 0.6) is 0 Å². The van der Waals surface area contributed by atoms with Crippen LogP contribution in [0.3, 0.4) is 0 Å². The highest BCUT2D eigenvalue weighted by Gasteiger charge is 2.51. The molecule has 0 bridgehead atoms. The molecule has 0 saturated carbocycles. The molecule has 2 unspecified atom stereocenters. The summed E-state index contributed by atoms with van der Waals surface area (Å²) >= 11 is 0. The molecule has 1 saturated heterocycles. The van der Waals surface area contributed by atoms with Crippen molar-refractivity contribution < 1.29 is 19.1 Å². The van der Waals surface area contributed by atoms with E-state index in [-0.39, 0.29) is 12.6 Å². The minimum Gasteiger partial charge on any atom is -0.466 e. The molecule has 0 aliphatic carbocycles. The third kappa shape index (κ3) is 3.08. The first-order valence-corrected chi connectivity index (χ1v) is 6.94. The molecule has 116 valence electrons. The smallest absolute Gasteiger partial charge is 0.325 e. The number of hydrogen-bond acceptors (Lipinski definition) is 5. The summed E-state index contributed by atoms with van der Waals surface area (Å²) < 4.78 is 5.23. The molecule has 0 spiro atoms. The molecular weight excluding hydrogens is 274 g/mol. The van der Waals surface area contributed by atoms with E-state index in [1.807, 2.05) is 13.8 Å². The number of hydrogen-bond donors (Lipinski definition) is 3. The summed E-state index contributed by atoms with van der Waals surface area (Å²) in [5.74, 6) is -0.0517. The minimum atomic E-state index is -1.22. The molecule has 1 fully saturated rings. The Morgan fingerprint density at radius 1 is 1.48 bits per heavy atom. The second-order valence-electron chi connectivity index (χ2n) is 5.66. The normalized spacial score (nSPS) is 23.8. The Kier molecular flexibility index (Phi) is 4.34. The van der Waals surface area contributed by atoms with E-state index in [0.29, 0.717) is 12.3 Å². The summed E-state index contributed by atoms with van der Waals surface area (Å²) in [7, 11) is 0. The largest absolute Gasteiger partial charge is 0.466 e. The van der Waals surface area contributed by atoms with Crippen molar-refractivity contribution in [3.05, 3.63) is 24.2 Å². The third-order valence-electron chi connectivity index (χ3n) is 3.44. The summed E-state index contributed by atoms with van der Waals surface area (Å²) in [5, 5.41) is 15.6. The third-order valence-corrected chi connectivity index (χ3v) is 3.44. The van der Waals surface area contributed by atoms with Gasteiger partial charge in [0.25, 0.3) is 5.91 Å². The number of β-amino-alcohol motifs (C(OH)–C–C–N with tert-alkyl or cyclic N) is 1. The summed E-state index contributed by atoms with van der Waals surface area (Å²) in [6.07, 6.45) is 0.630. The van der Waals surface area contributed by atoms with Crippen molar-refractivity contribution in [2.24, 2.45) is 0 Å². The van der Waals surface area contributed by atoms with Crippen LogP contribution >= 0.6 is 0 Å².